The summed E-state index contributed by atoms with van der Waals surface area (Å²) in [6, 6.07) is 7.89. The third kappa shape index (κ3) is 10.1. The maximum absolute atomic E-state index is 8.00. The smallest absolute Gasteiger partial charge is 0.118 e. The van der Waals surface area contributed by atoms with Crippen LogP contribution in [0, 0.1) is 0 Å². The molecule has 0 spiro atoms. The maximum Gasteiger partial charge on any atom is 0.118 e. The van der Waals surface area contributed by atoms with Gasteiger partial charge in [0.05, 0.1) is 20.3 Å². The van der Waals surface area contributed by atoms with Gasteiger partial charge in [0.25, 0.3) is 0 Å². The van der Waals surface area contributed by atoms with Crippen molar-refractivity contribution in [3.63, 3.8) is 0 Å². The molecule has 1 aromatic rings. The fourth-order valence-electron chi connectivity index (χ4n) is 1.17. The van der Waals surface area contributed by atoms with Crippen molar-refractivity contribution in [2.75, 3.05) is 20.3 Å². The standard InChI is InChI=1S/C12H16O2.C4H8O/c1-3-4-9-14-10-11-5-7-12(13-2)8-6-11;1-2-3-4-5/h3,5-8H,1,4,9-10H2,2H3;2,5H,1,3-4H2. The summed E-state index contributed by atoms with van der Waals surface area (Å²) in [5.41, 5.74) is 1.16. The summed E-state index contributed by atoms with van der Waals surface area (Å²) >= 11 is 0. The molecule has 0 saturated heterocycles. The normalized spacial score (nSPS) is 9.16. The highest BCUT2D eigenvalue weighted by atomic mass is 16.5. The predicted octanol–water partition coefficient (Wildman–Crippen LogP) is 3.34. The Morgan fingerprint density at radius 2 is 1.74 bits per heavy atom. The van der Waals surface area contributed by atoms with E-state index >= 15 is 0 Å². The van der Waals surface area contributed by atoms with Gasteiger partial charge in [-0.1, -0.05) is 24.3 Å². The lowest BCUT2D eigenvalue weighted by Crippen LogP contribution is -1.94. The quantitative estimate of drug-likeness (QED) is 0.578. The van der Waals surface area contributed by atoms with Crippen molar-refractivity contribution in [3.05, 3.63) is 55.1 Å². The van der Waals surface area contributed by atoms with Gasteiger partial charge in [0.1, 0.15) is 5.75 Å². The first-order chi connectivity index (χ1) is 9.28. The van der Waals surface area contributed by atoms with E-state index in [0.29, 0.717) is 13.0 Å². The van der Waals surface area contributed by atoms with Crippen LogP contribution in [0.1, 0.15) is 18.4 Å². The lowest BCUT2D eigenvalue weighted by atomic mass is 10.2. The zero-order valence-electron chi connectivity index (χ0n) is 11.7. The van der Waals surface area contributed by atoms with E-state index in [4.69, 9.17) is 14.6 Å². The molecule has 0 heterocycles. The lowest BCUT2D eigenvalue weighted by Gasteiger charge is -2.04. The van der Waals surface area contributed by atoms with E-state index in [1.807, 2.05) is 30.3 Å². The fourth-order valence-corrected chi connectivity index (χ4v) is 1.17. The second-order valence-corrected chi connectivity index (χ2v) is 3.78. The molecule has 0 aromatic heterocycles. The van der Waals surface area contributed by atoms with Gasteiger partial charge in [0, 0.05) is 6.61 Å². The molecule has 0 fully saturated rings. The number of ether oxygens (including phenoxy) is 2. The first-order valence-corrected chi connectivity index (χ1v) is 6.31. The van der Waals surface area contributed by atoms with E-state index in [-0.39, 0.29) is 6.61 Å². The van der Waals surface area contributed by atoms with Crippen LogP contribution in [0.2, 0.25) is 0 Å². The van der Waals surface area contributed by atoms with Gasteiger partial charge in [-0.25, -0.2) is 0 Å². The van der Waals surface area contributed by atoms with Crippen molar-refractivity contribution >= 4 is 0 Å². The van der Waals surface area contributed by atoms with Gasteiger partial charge in [0.15, 0.2) is 0 Å². The SMILES string of the molecule is C=CCCO.C=CCCOCc1ccc(OC)cc1. The summed E-state index contributed by atoms with van der Waals surface area (Å²) in [6.07, 6.45) is 5.14. The molecule has 0 aliphatic carbocycles. The van der Waals surface area contributed by atoms with Crippen LogP contribution in [0.15, 0.2) is 49.6 Å². The number of aliphatic hydroxyl groups excluding tert-OH is 1. The molecular formula is C16H24O3. The number of rotatable bonds is 8. The summed E-state index contributed by atoms with van der Waals surface area (Å²) < 4.78 is 10.5. The highest BCUT2D eigenvalue weighted by Crippen LogP contribution is 2.11. The van der Waals surface area contributed by atoms with Crippen LogP contribution >= 0.6 is 0 Å². The van der Waals surface area contributed by atoms with Gasteiger partial charge in [-0.15, -0.1) is 13.2 Å². The lowest BCUT2D eigenvalue weighted by molar-refractivity contribution is 0.125. The van der Waals surface area contributed by atoms with Crippen molar-refractivity contribution in [1.82, 2.24) is 0 Å². The molecule has 1 aromatic carbocycles. The molecule has 1 rings (SSSR count). The Morgan fingerprint density at radius 1 is 1.11 bits per heavy atom. The monoisotopic (exact) mass is 264 g/mol. The van der Waals surface area contributed by atoms with Gasteiger partial charge in [0.2, 0.25) is 0 Å². The first kappa shape index (κ1) is 17.4. The largest absolute Gasteiger partial charge is 0.497 e. The molecule has 19 heavy (non-hydrogen) atoms. The minimum Gasteiger partial charge on any atom is -0.497 e. The molecule has 1 N–H and O–H groups in total. The number of aliphatic hydroxyl groups is 1. The summed E-state index contributed by atoms with van der Waals surface area (Å²) in [5, 5.41) is 8.00. The Hall–Kier alpha value is -1.58. The minimum absolute atomic E-state index is 0.226. The third-order valence-corrected chi connectivity index (χ3v) is 2.23. The Labute approximate surface area is 116 Å². The Bertz CT molecular complexity index is 330. The fraction of sp³-hybridized carbons (Fsp3) is 0.375. The molecule has 3 nitrogen and oxygen atoms in total. The number of hydrogen-bond acceptors (Lipinski definition) is 3. The van der Waals surface area contributed by atoms with Gasteiger partial charge < -0.3 is 14.6 Å². The van der Waals surface area contributed by atoms with E-state index < -0.39 is 0 Å². The van der Waals surface area contributed by atoms with Crippen LogP contribution in [0.5, 0.6) is 5.75 Å². The van der Waals surface area contributed by atoms with Crippen LogP contribution in [0.3, 0.4) is 0 Å². The summed E-state index contributed by atoms with van der Waals surface area (Å²) in [7, 11) is 1.66. The van der Waals surface area contributed by atoms with Gasteiger partial charge >= 0.3 is 0 Å². The summed E-state index contributed by atoms with van der Waals surface area (Å²) in [4.78, 5) is 0. The molecule has 0 atom stereocenters. The predicted molar refractivity (Wildman–Crippen MR) is 79.4 cm³/mol. The second kappa shape index (κ2) is 12.9. The molecular weight excluding hydrogens is 240 g/mol. The van der Waals surface area contributed by atoms with Crippen molar-refractivity contribution < 1.29 is 14.6 Å². The molecule has 0 aliphatic rings. The van der Waals surface area contributed by atoms with Gasteiger partial charge in [-0.3, -0.25) is 0 Å². The van der Waals surface area contributed by atoms with Crippen LogP contribution in [0.25, 0.3) is 0 Å². The molecule has 0 aliphatic heterocycles. The first-order valence-electron chi connectivity index (χ1n) is 6.31. The summed E-state index contributed by atoms with van der Waals surface area (Å²) in [5.74, 6) is 0.875. The molecule has 0 saturated carbocycles. The molecule has 0 amide bonds. The molecule has 106 valence electrons. The maximum atomic E-state index is 8.00. The highest BCUT2D eigenvalue weighted by Gasteiger charge is 1.93. The van der Waals surface area contributed by atoms with Gasteiger partial charge in [-0.05, 0) is 30.5 Å². The van der Waals surface area contributed by atoms with E-state index in [1.165, 1.54) is 0 Å². The highest BCUT2D eigenvalue weighted by molar-refractivity contribution is 5.26. The molecule has 0 bridgehead atoms. The Balaban J connectivity index is 0.000000555. The molecule has 0 unspecified atom stereocenters. The number of methoxy groups -OCH3 is 1. The van der Waals surface area contributed by atoms with Crippen LogP contribution in [-0.2, 0) is 11.3 Å². The van der Waals surface area contributed by atoms with E-state index in [0.717, 1.165) is 24.3 Å². The van der Waals surface area contributed by atoms with Crippen molar-refractivity contribution in [2.24, 2.45) is 0 Å². The molecule has 3 heteroatoms. The zero-order chi connectivity index (χ0) is 14.3. The minimum atomic E-state index is 0.226. The van der Waals surface area contributed by atoms with E-state index in [2.05, 4.69) is 13.2 Å². The third-order valence-electron chi connectivity index (χ3n) is 2.23. The Kier molecular flexibility index (Phi) is 11.8. The van der Waals surface area contributed by atoms with Crippen LogP contribution in [0.4, 0.5) is 0 Å². The van der Waals surface area contributed by atoms with E-state index in [1.54, 1.807) is 13.2 Å². The van der Waals surface area contributed by atoms with Crippen molar-refractivity contribution in [1.29, 1.82) is 0 Å². The second-order valence-electron chi connectivity index (χ2n) is 3.78. The number of benzene rings is 1. The van der Waals surface area contributed by atoms with Crippen LogP contribution in [-0.4, -0.2) is 25.4 Å². The Morgan fingerprint density at radius 3 is 2.16 bits per heavy atom. The number of hydrogen-bond donors (Lipinski definition) is 1. The zero-order valence-corrected chi connectivity index (χ0v) is 11.7. The van der Waals surface area contributed by atoms with Crippen LogP contribution < -0.4 is 4.74 Å². The van der Waals surface area contributed by atoms with Gasteiger partial charge in [-0.2, -0.15) is 0 Å². The molecule has 0 radical (unpaired) electrons. The van der Waals surface area contributed by atoms with Crippen molar-refractivity contribution in [3.8, 4) is 5.75 Å². The average molecular weight is 264 g/mol. The van der Waals surface area contributed by atoms with Crippen molar-refractivity contribution in [2.45, 2.75) is 19.4 Å². The topological polar surface area (TPSA) is 38.7 Å². The van der Waals surface area contributed by atoms with E-state index in [9.17, 15) is 0 Å². The average Bonchev–Trinajstić information content (AvgIpc) is 2.46. The summed E-state index contributed by atoms with van der Waals surface area (Å²) in [6.45, 7) is 8.63.